The predicted molar refractivity (Wildman–Crippen MR) is 74.3 cm³/mol. The van der Waals surface area contributed by atoms with Crippen LogP contribution in [0.1, 0.15) is 10.4 Å². The Labute approximate surface area is 121 Å². The molecule has 20 heavy (non-hydrogen) atoms. The summed E-state index contributed by atoms with van der Waals surface area (Å²) in [6.07, 6.45) is 0. The predicted octanol–water partition coefficient (Wildman–Crippen LogP) is 3.85. The molecule has 0 amide bonds. The van der Waals surface area contributed by atoms with E-state index in [1.54, 1.807) is 0 Å². The molecule has 0 spiro atoms. The Morgan fingerprint density at radius 3 is 2.35 bits per heavy atom. The van der Waals surface area contributed by atoms with E-state index in [1.165, 1.54) is 42.5 Å². The van der Waals surface area contributed by atoms with Crippen LogP contribution in [-0.4, -0.2) is 16.0 Å². The van der Waals surface area contributed by atoms with E-state index in [0.717, 1.165) is 0 Å². The fraction of sp³-hybridized carbons (Fsp3) is 0. The molecule has 0 heterocycles. The first-order valence-electron chi connectivity index (χ1n) is 5.42. The number of hydrogen-bond donors (Lipinski definition) is 1. The van der Waals surface area contributed by atoms with Crippen molar-refractivity contribution in [3.05, 3.63) is 62.6 Å². The number of ether oxygens (including phenoxy) is 1. The molecule has 2 aromatic rings. The SMILES string of the molecule is O=C(O)c1ccc(Oc2ccc([N+](=O)[O-])cc2)c(Br)c1. The second kappa shape index (κ2) is 5.70. The molecule has 0 aromatic heterocycles. The number of hydrogen-bond acceptors (Lipinski definition) is 4. The number of aromatic carboxylic acids is 1. The Bertz CT molecular complexity index is 669. The Morgan fingerprint density at radius 1 is 1.20 bits per heavy atom. The Balaban J connectivity index is 2.21. The molecule has 1 N–H and O–H groups in total. The molecule has 6 nitrogen and oxygen atoms in total. The van der Waals surface area contributed by atoms with Crippen LogP contribution in [0.25, 0.3) is 0 Å². The molecule has 0 saturated carbocycles. The number of halogens is 1. The first kappa shape index (κ1) is 14.0. The highest BCUT2D eigenvalue weighted by atomic mass is 79.9. The normalized spacial score (nSPS) is 10.1. The van der Waals surface area contributed by atoms with Crippen molar-refractivity contribution in [2.24, 2.45) is 0 Å². The molecule has 102 valence electrons. The average molecular weight is 338 g/mol. The highest BCUT2D eigenvalue weighted by molar-refractivity contribution is 9.10. The highest BCUT2D eigenvalue weighted by Gasteiger charge is 2.09. The third-order valence-corrected chi connectivity index (χ3v) is 3.07. The van der Waals surface area contributed by atoms with Crippen molar-refractivity contribution in [1.82, 2.24) is 0 Å². The zero-order valence-corrected chi connectivity index (χ0v) is 11.5. The number of benzene rings is 2. The van der Waals surface area contributed by atoms with Crippen molar-refractivity contribution >= 4 is 27.6 Å². The van der Waals surface area contributed by atoms with Crippen LogP contribution in [0.2, 0.25) is 0 Å². The van der Waals surface area contributed by atoms with Gasteiger partial charge in [-0.15, -0.1) is 0 Å². The first-order chi connectivity index (χ1) is 9.47. The van der Waals surface area contributed by atoms with Gasteiger partial charge >= 0.3 is 5.97 Å². The lowest BCUT2D eigenvalue weighted by Gasteiger charge is -2.08. The smallest absolute Gasteiger partial charge is 0.335 e. The average Bonchev–Trinajstić information content (AvgIpc) is 2.41. The number of nitro groups is 1. The van der Waals surface area contributed by atoms with Crippen molar-refractivity contribution in [2.75, 3.05) is 0 Å². The van der Waals surface area contributed by atoms with Crippen LogP contribution in [0.5, 0.6) is 11.5 Å². The molecule has 0 aliphatic carbocycles. The van der Waals surface area contributed by atoms with Gasteiger partial charge in [0.05, 0.1) is 15.0 Å². The summed E-state index contributed by atoms with van der Waals surface area (Å²) in [6, 6.07) is 9.93. The van der Waals surface area contributed by atoms with Crippen LogP contribution in [0.3, 0.4) is 0 Å². The molecule has 0 aliphatic rings. The minimum atomic E-state index is -1.03. The lowest BCUT2D eigenvalue weighted by molar-refractivity contribution is -0.384. The summed E-state index contributed by atoms with van der Waals surface area (Å²) in [5, 5.41) is 19.4. The van der Waals surface area contributed by atoms with Crippen LogP contribution in [0.15, 0.2) is 46.9 Å². The van der Waals surface area contributed by atoms with E-state index in [0.29, 0.717) is 16.0 Å². The molecule has 2 rings (SSSR count). The van der Waals surface area contributed by atoms with Gasteiger partial charge in [0, 0.05) is 12.1 Å². The van der Waals surface area contributed by atoms with Gasteiger partial charge in [-0.2, -0.15) is 0 Å². The fourth-order valence-corrected chi connectivity index (χ4v) is 1.94. The second-order valence-electron chi connectivity index (χ2n) is 3.80. The molecule has 0 radical (unpaired) electrons. The van der Waals surface area contributed by atoms with Gasteiger partial charge < -0.3 is 9.84 Å². The second-order valence-corrected chi connectivity index (χ2v) is 4.66. The summed E-state index contributed by atoms with van der Waals surface area (Å²) >= 11 is 3.21. The quantitative estimate of drug-likeness (QED) is 0.676. The van der Waals surface area contributed by atoms with Gasteiger partial charge in [-0.25, -0.2) is 4.79 Å². The summed E-state index contributed by atoms with van der Waals surface area (Å²) in [4.78, 5) is 20.8. The van der Waals surface area contributed by atoms with E-state index in [-0.39, 0.29) is 11.3 Å². The van der Waals surface area contributed by atoms with E-state index in [1.807, 2.05) is 0 Å². The van der Waals surface area contributed by atoms with Crippen molar-refractivity contribution in [2.45, 2.75) is 0 Å². The van der Waals surface area contributed by atoms with Crippen LogP contribution in [-0.2, 0) is 0 Å². The number of carboxylic acid groups (broad SMARTS) is 1. The Kier molecular flexibility index (Phi) is 3.99. The number of rotatable bonds is 4. The third-order valence-electron chi connectivity index (χ3n) is 2.45. The molecule has 0 saturated heterocycles. The van der Waals surface area contributed by atoms with Crippen LogP contribution < -0.4 is 4.74 Å². The van der Waals surface area contributed by atoms with Gasteiger partial charge in [0.15, 0.2) is 0 Å². The largest absolute Gasteiger partial charge is 0.478 e. The van der Waals surface area contributed by atoms with Crippen molar-refractivity contribution in [3.8, 4) is 11.5 Å². The molecule has 2 aromatic carbocycles. The Hall–Kier alpha value is -2.41. The van der Waals surface area contributed by atoms with Crippen LogP contribution in [0.4, 0.5) is 5.69 Å². The van der Waals surface area contributed by atoms with Crippen molar-refractivity contribution in [1.29, 1.82) is 0 Å². The molecule has 7 heteroatoms. The summed E-state index contributed by atoms with van der Waals surface area (Å²) in [7, 11) is 0. The van der Waals surface area contributed by atoms with Gasteiger partial charge in [-0.05, 0) is 46.3 Å². The van der Waals surface area contributed by atoms with Crippen molar-refractivity contribution in [3.63, 3.8) is 0 Å². The topological polar surface area (TPSA) is 89.7 Å². The highest BCUT2D eigenvalue weighted by Crippen LogP contribution is 2.31. The number of nitrogens with zero attached hydrogens (tertiary/aromatic N) is 1. The monoisotopic (exact) mass is 337 g/mol. The third kappa shape index (κ3) is 3.12. The summed E-state index contributed by atoms with van der Waals surface area (Å²) in [5.74, 6) is -0.198. The molecule has 0 unspecified atom stereocenters. The lowest BCUT2D eigenvalue weighted by Crippen LogP contribution is -1.96. The fourth-order valence-electron chi connectivity index (χ4n) is 1.48. The minimum Gasteiger partial charge on any atom is -0.478 e. The number of nitro benzene ring substituents is 1. The van der Waals surface area contributed by atoms with Gasteiger partial charge in [-0.1, -0.05) is 0 Å². The van der Waals surface area contributed by atoms with Gasteiger partial charge in [0.2, 0.25) is 0 Å². The summed E-state index contributed by atoms with van der Waals surface area (Å²) < 4.78 is 6.00. The lowest BCUT2D eigenvalue weighted by atomic mass is 10.2. The first-order valence-corrected chi connectivity index (χ1v) is 6.22. The zero-order valence-electron chi connectivity index (χ0n) is 9.95. The van der Waals surface area contributed by atoms with Gasteiger partial charge in [-0.3, -0.25) is 10.1 Å². The molecule has 0 fully saturated rings. The zero-order chi connectivity index (χ0) is 14.7. The molecule has 0 bridgehead atoms. The van der Waals surface area contributed by atoms with Gasteiger partial charge in [0.25, 0.3) is 5.69 Å². The maximum atomic E-state index is 10.8. The van der Waals surface area contributed by atoms with Crippen LogP contribution >= 0.6 is 15.9 Å². The summed E-state index contributed by atoms with van der Waals surface area (Å²) in [5.41, 5.74) is 0.102. The minimum absolute atomic E-state index is 0.0300. The van der Waals surface area contributed by atoms with Crippen molar-refractivity contribution < 1.29 is 19.6 Å². The Morgan fingerprint density at radius 2 is 1.85 bits per heavy atom. The molecule has 0 atom stereocenters. The van der Waals surface area contributed by atoms with Crippen LogP contribution in [0, 0.1) is 10.1 Å². The number of non-ortho nitro benzene ring substituents is 1. The molecular weight excluding hydrogens is 330 g/mol. The van der Waals surface area contributed by atoms with E-state index < -0.39 is 10.9 Å². The maximum absolute atomic E-state index is 10.8. The molecular formula is C13H8BrNO5. The standard InChI is InChI=1S/C13H8BrNO5/c14-11-7-8(13(16)17)1-6-12(11)20-10-4-2-9(3-5-10)15(18)19/h1-7H,(H,16,17). The van der Waals surface area contributed by atoms with Gasteiger partial charge in [0.1, 0.15) is 11.5 Å². The van der Waals surface area contributed by atoms with E-state index in [2.05, 4.69) is 15.9 Å². The number of carboxylic acids is 1. The van der Waals surface area contributed by atoms with E-state index in [9.17, 15) is 14.9 Å². The molecule has 0 aliphatic heterocycles. The van der Waals surface area contributed by atoms with E-state index >= 15 is 0 Å². The van der Waals surface area contributed by atoms with E-state index in [4.69, 9.17) is 9.84 Å². The number of carbonyl (C=O) groups is 1. The summed E-state index contributed by atoms with van der Waals surface area (Å²) in [6.45, 7) is 0. The maximum Gasteiger partial charge on any atom is 0.335 e.